The summed E-state index contributed by atoms with van der Waals surface area (Å²) in [5, 5.41) is 14.8. The second-order valence-corrected chi connectivity index (χ2v) is 8.23. The monoisotopic (exact) mass is 430 g/mol. The van der Waals surface area contributed by atoms with Crippen molar-refractivity contribution in [1.82, 2.24) is 24.6 Å². The molecule has 0 saturated carbocycles. The second kappa shape index (κ2) is 7.85. The van der Waals surface area contributed by atoms with Crippen LogP contribution in [0, 0.1) is 11.3 Å². The molecule has 32 heavy (non-hydrogen) atoms. The van der Waals surface area contributed by atoms with Crippen LogP contribution in [0.15, 0.2) is 49.2 Å². The van der Waals surface area contributed by atoms with Crippen molar-refractivity contribution >= 4 is 29.0 Å². The number of nitriles is 1. The molecule has 2 aliphatic rings. The number of rotatable bonds is 4. The van der Waals surface area contributed by atoms with Crippen LogP contribution in [0.25, 0.3) is 5.52 Å². The fraction of sp³-hybridized carbons (Fsp3) is 0.318. The molecule has 10 heteroatoms. The van der Waals surface area contributed by atoms with Crippen molar-refractivity contribution in [2.75, 3.05) is 36.4 Å². The first-order valence-electron chi connectivity index (χ1n) is 10.4. The second-order valence-electron chi connectivity index (χ2n) is 8.23. The smallest absolute Gasteiger partial charge is 0.318 e. The summed E-state index contributed by atoms with van der Waals surface area (Å²) in [5.41, 5.74) is 1.74. The van der Waals surface area contributed by atoms with Crippen LogP contribution in [-0.2, 0) is 4.79 Å². The van der Waals surface area contributed by atoms with Gasteiger partial charge in [-0.15, -0.1) is 0 Å². The highest BCUT2D eigenvalue weighted by Crippen LogP contribution is 2.31. The number of fused-ring (bicyclic) bond motifs is 1. The number of hydrogen-bond acceptors (Lipinski definition) is 6. The number of urea groups is 1. The predicted octanol–water partition coefficient (Wildman–Crippen LogP) is 1.60. The number of carbonyl (C=O) groups excluding carboxylic acids is 2. The summed E-state index contributed by atoms with van der Waals surface area (Å²) < 4.78 is 1.94. The van der Waals surface area contributed by atoms with Gasteiger partial charge in [-0.2, -0.15) is 5.26 Å². The van der Waals surface area contributed by atoms with Crippen LogP contribution in [0.3, 0.4) is 0 Å². The number of imidazole rings is 1. The van der Waals surface area contributed by atoms with E-state index in [1.165, 1.54) is 0 Å². The number of carbonyl (C=O) groups is 2. The van der Waals surface area contributed by atoms with E-state index in [-0.39, 0.29) is 24.0 Å². The van der Waals surface area contributed by atoms with Crippen molar-refractivity contribution in [2.45, 2.75) is 18.4 Å². The van der Waals surface area contributed by atoms with Gasteiger partial charge in [0.2, 0.25) is 5.91 Å². The summed E-state index contributed by atoms with van der Waals surface area (Å²) in [4.78, 5) is 37.5. The van der Waals surface area contributed by atoms with Crippen LogP contribution in [-0.4, -0.2) is 62.9 Å². The number of piperidine rings is 1. The highest BCUT2D eigenvalue weighted by molar-refractivity contribution is 5.95. The zero-order chi connectivity index (χ0) is 22.1. The third-order valence-corrected chi connectivity index (χ3v) is 6.12. The van der Waals surface area contributed by atoms with Crippen LogP contribution in [0.5, 0.6) is 0 Å². The van der Waals surface area contributed by atoms with Crippen LogP contribution >= 0.6 is 0 Å². The van der Waals surface area contributed by atoms with Crippen molar-refractivity contribution in [3.05, 3.63) is 54.7 Å². The van der Waals surface area contributed by atoms with E-state index < -0.39 is 0 Å². The molecule has 0 atom stereocenters. The lowest BCUT2D eigenvalue weighted by Gasteiger charge is -2.39. The first kappa shape index (κ1) is 19.8. The Morgan fingerprint density at radius 3 is 2.78 bits per heavy atom. The molecule has 5 rings (SSSR count). The van der Waals surface area contributed by atoms with Gasteiger partial charge in [-0.1, -0.05) is 0 Å². The predicted molar refractivity (Wildman–Crippen MR) is 117 cm³/mol. The van der Waals surface area contributed by atoms with E-state index in [1.807, 2.05) is 16.7 Å². The van der Waals surface area contributed by atoms with Gasteiger partial charge in [-0.05, 0) is 37.1 Å². The normalized spacial score (nSPS) is 17.4. The molecule has 0 bridgehead atoms. The summed E-state index contributed by atoms with van der Waals surface area (Å²) in [7, 11) is 0. The lowest BCUT2D eigenvalue weighted by Crippen LogP contribution is -2.52. The van der Waals surface area contributed by atoms with Gasteiger partial charge in [0.15, 0.2) is 5.82 Å². The molecular weight excluding hydrogens is 408 g/mol. The minimum atomic E-state index is -0.340. The lowest BCUT2D eigenvalue weighted by molar-refractivity contribution is -0.116. The molecule has 2 aliphatic heterocycles. The molecule has 1 spiro atoms. The Balaban J connectivity index is 1.20. The molecular formula is C22H22N8O2. The maximum Gasteiger partial charge on any atom is 0.318 e. The number of hydrogen-bond donors (Lipinski definition) is 2. The van der Waals surface area contributed by atoms with E-state index in [2.05, 4.69) is 25.5 Å². The first-order valence-corrected chi connectivity index (χ1v) is 10.4. The van der Waals surface area contributed by atoms with Crippen LogP contribution < -0.4 is 15.5 Å². The van der Waals surface area contributed by atoms with E-state index in [0.29, 0.717) is 17.8 Å². The molecule has 1 aromatic carbocycles. The van der Waals surface area contributed by atoms with Crippen LogP contribution in [0.4, 0.5) is 16.3 Å². The van der Waals surface area contributed by atoms with Gasteiger partial charge in [0.25, 0.3) is 0 Å². The fourth-order valence-corrected chi connectivity index (χ4v) is 4.42. The zero-order valence-electron chi connectivity index (χ0n) is 17.4. The number of aromatic nitrogens is 3. The molecule has 0 aliphatic carbocycles. The quantitative estimate of drug-likeness (QED) is 0.649. The SMILES string of the molecule is N#Cc1ccc(NC(=O)CN2CC3(CCN(c4nccn5cncc45)CC3)NC2=O)cc1. The minimum absolute atomic E-state index is 0.0199. The third-order valence-electron chi connectivity index (χ3n) is 6.12. The Morgan fingerprint density at radius 2 is 2.03 bits per heavy atom. The van der Waals surface area contributed by atoms with Crippen molar-refractivity contribution in [3.63, 3.8) is 0 Å². The van der Waals surface area contributed by atoms with Gasteiger partial charge in [-0.25, -0.2) is 14.8 Å². The standard InChI is InChI=1S/C22H22N8O2/c23-11-16-1-3-17(4-2-16)26-19(31)13-30-14-22(27-21(30)32)5-8-28(9-6-22)20-18-12-24-15-29(18)10-7-25-20/h1-4,7,10,12,15H,5-6,8-9,13-14H2,(H,26,31)(H,27,32). The Kier molecular flexibility index (Phi) is 4.86. The average molecular weight is 430 g/mol. The first-order chi connectivity index (χ1) is 15.5. The number of anilines is 2. The molecule has 4 heterocycles. The lowest BCUT2D eigenvalue weighted by atomic mass is 9.88. The summed E-state index contributed by atoms with van der Waals surface area (Å²) in [6.45, 7) is 1.98. The van der Waals surface area contributed by atoms with E-state index >= 15 is 0 Å². The molecule has 2 aromatic heterocycles. The molecule has 3 aromatic rings. The molecule has 0 unspecified atom stereocenters. The molecule has 2 saturated heterocycles. The van der Waals surface area contributed by atoms with Gasteiger partial charge in [0.1, 0.15) is 12.1 Å². The van der Waals surface area contributed by atoms with Crippen molar-refractivity contribution in [1.29, 1.82) is 5.26 Å². The van der Waals surface area contributed by atoms with Gasteiger partial charge >= 0.3 is 6.03 Å². The maximum absolute atomic E-state index is 12.6. The highest BCUT2D eigenvalue weighted by atomic mass is 16.2. The van der Waals surface area contributed by atoms with Gasteiger partial charge in [0.05, 0.1) is 29.7 Å². The average Bonchev–Trinajstić information content (AvgIpc) is 3.39. The van der Waals surface area contributed by atoms with E-state index in [0.717, 1.165) is 37.3 Å². The maximum atomic E-state index is 12.6. The fourth-order valence-electron chi connectivity index (χ4n) is 4.42. The summed E-state index contributed by atoms with van der Waals surface area (Å²) >= 11 is 0. The molecule has 0 radical (unpaired) electrons. The van der Waals surface area contributed by atoms with Gasteiger partial charge in [0, 0.05) is 37.7 Å². The summed E-state index contributed by atoms with van der Waals surface area (Å²) in [6, 6.07) is 8.45. The Morgan fingerprint density at radius 1 is 1.25 bits per heavy atom. The van der Waals surface area contributed by atoms with Gasteiger partial charge < -0.3 is 24.8 Å². The number of amides is 3. The molecule has 3 amide bonds. The Bertz CT molecular complexity index is 1200. The zero-order valence-corrected chi connectivity index (χ0v) is 17.4. The largest absolute Gasteiger partial charge is 0.355 e. The number of benzene rings is 1. The van der Waals surface area contributed by atoms with E-state index in [1.54, 1.807) is 47.9 Å². The Labute approximate surface area is 184 Å². The van der Waals surface area contributed by atoms with Crippen LogP contribution in [0.1, 0.15) is 18.4 Å². The third kappa shape index (κ3) is 3.69. The molecule has 10 nitrogen and oxygen atoms in total. The van der Waals surface area contributed by atoms with Gasteiger partial charge in [-0.3, -0.25) is 4.79 Å². The van der Waals surface area contributed by atoms with Crippen molar-refractivity contribution in [3.8, 4) is 6.07 Å². The molecule has 162 valence electrons. The number of nitrogens with one attached hydrogen (secondary N) is 2. The molecule has 2 N–H and O–H groups in total. The topological polar surface area (TPSA) is 119 Å². The highest BCUT2D eigenvalue weighted by Gasteiger charge is 2.45. The van der Waals surface area contributed by atoms with E-state index in [9.17, 15) is 9.59 Å². The van der Waals surface area contributed by atoms with Crippen LogP contribution in [0.2, 0.25) is 0 Å². The van der Waals surface area contributed by atoms with E-state index in [4.69, 9.17) is 5.26 Å². The summed E-state index contributed by atoms with van der Waals surface area (Å²) in [6.07, 6.45) is 8.73. The minimum Gasteiger partial charge on any atom is -0.355 e. The summed E-state index contributed by atoms with van der Waals surface area (Å²) in [5.74, 6) is 0.624. The Hall–Kier alpha value is -4.13. The number of nitrogens with zero attached hydrogens (tertiary/aromatic N) is 6. The van der Waals surface area contributed by atoms with Crippen molar-refractivity contribution < 1.29 is 9.59 Å². The van der Waals surface area contributed by atoms with Crippen molar-refractivity contribution in [2.24, 2.45) is 0 Å². The molecule has 2 fully saturated rings.